The molecule has 126 valence electrons. The number of anilines is 2. The van der Waals surface area contributed by atoms with Gasteiger partial charge < -0.3 is 15.4 Å². The molecule has 2 N–H and O–H groups in total. The van der Waals surface area contributed by atoms with Crippen LogP contribution < -0.4 is 15.4 Å². The summed E-state index contributed by atoms with van der Waals surface area (Å²) in [5.41, 5.74) is 1.11. The average Bonchev–Trinajstić information content (AvgIpc) is 2.55. The summed E-state index contributed by atoms with van der Waals surface area (Å²) >= 11 is 4.77. The first-order chi connectivity index (χ1) is 11.5. The molecule has 0 aliphatic carbocycles. The van der Waals surface area contributed by atoms with Crippen LogP contribution in [0.15, 0.2) is 51.8 Å². The van der Waals surface area contributed by atoms with Gasteiger partial charge in [0.1, 0.15) is 5.75 Å². The molecule has 0 unspecified atom stereocenters. The van der Waals surface area contributed by atoms with E-state index in [1.807, 2.05) is 24.3 Å². The van der Waals surface area contributed by atoms with Gasteiger partial charge in [-0.2, -0.15) is 0 Å². The van der Waals surface area contributed by atoms with Gasteiger partial charge >= 0.3 is 0 Å². The maximum Gasteiger partial charge on any atom is 0.234 e. The Bertz CT molecular complexity index is 752. The minimum atomic E-state index is -0.196. The lowest BCUT2D eigenvalue weighted by atomic mass is 10.2. The van der Waals surface area contributed by atoms with Crippen molar-refractivity contribution < 1.29 is 14.3 Å². The van der Waals surface area contributed by atoms with Crippen molar-refractivity contribution in [3.05, 3.63) is 46.9 Å². The molecule has 0 bridgehead atoms. The number of hydrogen-bond donors (Lipinski definition) is 2. The summed E-state index contributed by atoms with van der Waals surface area (Å²) < 4.78 is 5.98. The smallest absolute Gasteiger partial charge is 0.234 e. The summed E-state index contributed by atoms with van der Waals surface area (Å²) in [5.74, 6) is 0.644. The molecule has 5 nitrogen and oxygen atoms in total. The van der Waals surface area contributed by atoms with Crippen LogP contribution in [-0.2, 0) is 9.59 Å². The average molecular weight is 409 g/mol. The van der Waals surface area contributed by atoms with Crippen LogP contribution in [0, 0.1) is 0 Å². The fraction of sp³-hybridized carbons (Fsp3) is 0.176. The molecule has 2 amide bonds. The minimum Gasteiger partial charge on any atom is -0.497 e. The molecule has 24 heavy (non-hydrogen) atoms. The molecule has 0 heterocycles. The number of nitrogens with one attached hydrogen (secondary N) is 2. The predicted octanol–water partition coefficient (Wildman–Crippen LogP) is 4.15. The van der Waals surface area contributed by atoms with Gasteiger partial charge in [-0.25, -0.2) is 0 Å². The van der Waals surface area contributed by atoms with E-state index in [9.17, 15) is 9.59 Å². The summed E-state index contributed by atoms with van der Waals surface area (Å²) in [6.45, 7) is 1.42. The van der Waals surface area contributed by atoms with Gasteiger partial charge in [0.05, 0.1) is 24.2 Å². The molecule has 0 fully saturated rings. The van der Waals surface area contributed by atoms with E-state index in [2.05, 4.69) is 26.6 Å². The highest BCUT2D eigenvalue weighted by atomic mass is 79.9. The molecule has 0 spiro atoms. The Balaban J connectivity index is 2.01. The second kappa shape index (κ2) is 8.75. The molecule has 0 radical (unpaired) electrons. The van der Waals surface area contributed by atoms with Gasteiger partial charge in [-0.3, -0.25) is 9.59 Å². The number of carbonyl (C=O) groups excluding carboxylic acids is 2. The Morgan fingerprint density at radius 3 is 2.62 bits per heavy atom. The van der Waals surface area contributed by atoms with Crippen molar-refractivity contribution in [3.8, 4) is 5.75 Å². The SMILES string of the molecule is COc1cccc(SCC(=O)Nc2cc(Br)ccc2NC(C)=O)c1. The molecule has 0 aliphatic heterocycles. The van der Waals surface area contributed by atoms with Gasteiger partial charge in [0.2, 0.25) is 11.8 Å². The van der Waals surface area contributed by atoms with Gasteiger partial charge in [-0.15, -0.1) is 11.8 Å². The highest BCUT2D eigenvalue weighted by Crippen LogP contribution is 2.27. The topological polar surface area (TPSA) is 67.4 Å². The van der Waals surface area contributed by atoms with Crippen LogP contribution in [-0.4, -0.2) is 24.7 Å². The summed E-state index contributed by atoms with van der Waals surface area (Å²) in [6.07, 6.45) is 0. The Hall–Kier alpha value is -1.99. The third-order valence-electron chi connectivity index (χ3n) is 2.98. The van der Waals surface area contributed by atoms with Crippen molar-refractivity contribution in [1.29, 1.82) is 0 Å². The summed E-state index contributed by atoms with van der Waals surface area (Å²) in [5, 5.41) is 5.52. The molecule has 2 rings (SSSR count). The summed E-state index contributed by atoms with van der Waals surface area (Å²) in [6, 6.07) is 12.8. The van der Waals surface area contributed by atoms with E-state index >= 15 is 0 Å². The maximum absolute atomic E-state index is 12.2. The summed E-state index contributed by atoms with van der Waals surface area (Å²) in [4.78, 5) is 24.4. The molecular weight excluding hydrogens is 392 g/mol. The van der Waals surface area contributed by atoms with Gasteiger partial charge in [-0.1, -0.05) is 22.0 Å². The monoisotopic (exact) mass is 408 g/mol. The van der Waals surface area contributed by atoms with E-state index in [4.69, 9.17) is 4.74 Å². The molecule has 0 aromatic heterocycles. The number of halogens is 1. The largest absolute Gasteiger partial charge is 0.497 e. The molecule has 0 saturated heterocycles. The first-order valence-electron chi connectivity index (χ1n) is 7.12. The van der Waals surface area contributed by atoms with E-state index < -0.39 is 0 Å². The van der Waals surface area contributed by atoms with Crippen LogP contribution in [0.3, 0.4) is 0 Å². The lowest BCUT2D eigenvalue weighted by molar-refractivity contribution is -0.115. The van der Waals surface area contributed by atoms with Gasteiger partial charge in [-0.05, 0) is 36.4 Å². The number of methoxy groups -OCH3 is 1. The number of thioether (sulfide) groups is 1. The maximum atomic E-state index is 12.2. The predicted molar refractivity (Wildman–Crippen MR) is 101 cm³/mol. The number of ether oxygens (including phenoxy) is 1. The fourth-order valence-corrected chi connectivity index (χ4v) is 3.05. The third-order valence-corrected chi connectivity index (χ3v) is 4.46. The van der Waals surface area contributed by atoms with E-state index in [1.54, 1.807) is 25.3 Å². The zero-order valence-electron chi connectivity index (χ0n) is 13.3. The first kappa shape index (κ1) is 18.4. The van der Waals surface area contributed by atoms with Crippen LogP contribution in [0.5, 0.6) is 5.75 Å². The number of benzene rings is 2. The Kier molecular flexibility index (Phi) is 6.69. The molecule has 7 heteroatoms. The Labute approximate surface area is 153 Å². The highest BCUT2D eigenvalue weighted by Gasteiger charge is 2.10. The van der Waals surface area contributed by atoms with Gasteiger partial charge in [0, 0.05) is 16.3 Å². The molecule has 2 aromatic carbocycles. The van der Waals surface area contributed by atoms with E-state index in [0.29, 0.717) is 11.4 Å². The lowest BCUT2D eigenvalue weighted by Crippen LogP contribution is -2.16. The number of amides is 2. The molecule has 2 aromatic rings. The zero-order valence-corrected chi connectivity index (χ0v) is 15.7. The third kappa shape index (κ3) is 5.58. The van der Waals surface area contributed by atoms with Crippen LogP contribution in [0.1, 0.15) is 6.92 Å². The molecule has 0 aliphatic rings. The standard InChI is InChI=1S/C17H17BrN2O3S/c1-11(21)19-15-7-6-12(18)8-16(15)20-17(22)10-24-14-5-3-4-13(9-14)23-2/h3-9H,10H2,1-2H3,(H,19,21)(H,20,22). The van der Waals surface area contributed by atoms with E-state index in [0.717, 1.165) is 15.1 Å². The zero-order chi connectivity index (χ0) is 17.5. The van der Waals surface area contributed by atoms with Crippen LogP contribution >= 0.6 is 27.7 Å². The Morgan fingerprint density at radius 2 is 1.92 bits per heavy atom. The molecular formula is C17H17BrN2O3S. The fourth-order valence-electron chi connectivity index (χ4n) is 1.94. The van der Waals surface area contributed by atoms with Crippen LogP contribution in [0.4, 0.5) is 11.4 Å². The summed E-state index contributed by atoms with van der Waals surface area (Å²) in [7, 11) is 1.60. The second-order valence-corrected chi connectivity index (χ2v) is 6.85. The highest BCUT2D eigenvalue weighted by molar-refractivity contribution is 9.10. The van der Waals surface area contributed by atoms with Crippen molar-refractivity contribution in [2.24, 2.45) is 0 Å². The van der Waals surface area contributed by atoms with Crippen LogP contribution in [0.2, 0.25) is 0 Å². The second-order valence-electron chi connectivity index (χ2n) is 4.89. The van der Waals surface area contributed by atoms with Gasteiger partial charge in [0.15, 0.2) is 0 Å². The normalized spacial score (nSPS) is 10.1. The minimum absolute atomic E-state index is 0.160. The molecule has 0 saturated carbocycles. The quantitative estimate of drug-likeness (QED) is 0.704. The van der Waals surface area contributed by atoms with Gasteiger partial charge in [0.25, 0.3) is 0 Å². The van der Waals surface area contributed by atoms with E-state index in [1.165, 1.54) is 18.7 Å². The number of carbonyl (C=O) groups is 2. The first-order valence-corrected chi connectivity index (χ1v) is 8.89. The van der Waals surface area contributed by atoms with Crippen molar-refractivity contribution in [3.63, 3.8) is 0 Å². The van der Waals surface area contributed by atoms with Crippen molar-refractivity contribution in [2.75, 3.05) is 23.5 Å². The van der Waals surface area contributed by atoms with E-state index in [-0.39, 0.29) is 17.6 Å². The number of rotatable bonds is 6. The van der Waals surface area contributed by atoms with Crippen molar-refractivity contribution >= 4 is 50.9 Å². The lowest BCUT2D eigenvalue weighted by Gasteiger charge is -2.12. The Morgan fingerprint density at radius 1 is 1.12 bits per heavy atom. The number of hydrogen-bond acceptors (Lipinski definition) is 4. The van der Waals surface area contributed by atoms with Crippen LogP contribution in [0.25, 0.3) is 0 Å². The van der Waals surface area contributed by atoms with Crippen molar-refractivity contribution in [1.82, 2.24) is 0 Å². The van der Waals surface area contributed by atoms with Crippen molar-refractivity contribution in [2.45, 2.75) is 11.8 Å². The molecule has 0 atom stereocenters.